The van der Waals surface area contributed by atoms with Gasteiger partial charge < -0.3 is 0 Å². The van der Waals surface area contributed by atoms with Crippen molar-refractivity contribution in [2.75, 3.05) is 6.26 Å². The van der Waals surface area contributed by atoms with Crippen molar-refractivity contribution in [1.82, 2.24) is 0 Å². The van der Waals surface area contributed by atoms with Gasteiger partial charge in [0.15, 0.2) is 0 Å². The zero-order chi connectivity index (χ0) is 8.36. The molecule has 0 aliphatic carbocycles. The Morgan fingerprint density at radius 2 is 1.50 bits per heavy atom. The molecule has 1 atom stereocenters. The van der Waals surface area contributed by atoms with Crippen molar-refractivity contribution in [1.29, 1.82) is 0 Å². The Morgan fingerprint density at radius 3 is 1.50 bits per heavy atom. The van der Waals surface area contributed by atoms with Gasteiger partial charge in [-0.05, 0) is 17.6 Å². The summed E-state index contributed by atoms with van der Waals surface area (Å²) < 4.78 is 0. The molecule has 0 aromatic heterocycles. The third-order valence-electron chi connectivity index (χ3n) is 1.71. The van der Waals surface area contributed by atoms with Crippen LogP contribution in [0.15, 0.2) is 0 Å². The van der Waals surface area contributed by atoms with Crippen LogP contribution in [0.3, 0.4) is 0 Å². The molecule has 0 rings (SSSR count). The van der Waals surface area contributed by atoms with E-state index in [0.29, 0.717) is 5.41 Å². The van der Waals surface area contributed by atoms with Crippen LogP contribution in [0, 0.1) is 11.3 Å². The molecule has 0 aliphatic rings. The summed E-state index contributed by atoms with van der Waals surface area (Å²) in [4.78, 5) is 0. The van der Waals surface area contributed by atoms with Crippen LogP contribution in [-0.2, 0) is 0 Å². The van der Waals surface area contributed by atoms with E-state index in [4.69, 9.17) is 0 Å². The first kappa shape index (κ1) is 10.3. The fourth-order valence-corrected chi connectivity index (χ4v) is 2.88. The molecule has 0 saturated carbocycles. The zero-order valence-electron chi connectivity index (χ0n) is 8.06. The van der Waals surface area contributed by atoms with Crippen LogP contribution in [0.5, 0.6) is 0 Å². The monoisotopic (exact) mass is 160 g/mol. The Labute approximate surface area is 69.8 Å². The fraction of sp³-hybridized carbons (Fsp3) is 1.00. The molecule has 0 aromatic carbocycles. The number of rotatable bonds is 2. The molecule has 0 radical (unpaired) electrons. The lowest BCUT2D eigenvalue weighted by Crippen LogP contribution is -2.27. The summed E-state index contributed by atoms with van der Waals surface area (Å²) in [6.07, 6.45) is 2.20. The average molecular weight is 160 g/mol. The van der Waals surface area contributed by atoms with Crippen LogP contribution in [-0.4, -0.2) is 11.5 Å². The van der Waals surface area contributed by atoms with Crippen LogP contribution < -0.4 is 0 Å². The Morgan fingerprint density at radius 1 is 1.10 bits per heavy atom. The van der Waals surface area contributed by atoms with Crippen molar-refractivity contribution >= 4 is 11.8 Å². The van der Waals surface area contributed by atoms with E-state index < -0.39 is 0 Å². The fourth-order valence-electron chi connectivity index (χ4n) is 1.63. The van der Waals surface area contributed by atoms with Gasteiger partial charge in [-0.2, -0.15) is 11.8 Å². The first-order chi connectivity index (χ1) is 4.39. The molecule has 0 aliphatic heterocycles. The van der Waals surface area contributed by atoms with E-state index in [0.717, 1.165) is 11.2 Å². The number of hydrogen-bond acceptors (Lipinski definition) is 1. The second-order valence-corrected chi connectivity index (χ2v) is 5.25. The summed E-state index contributed by atoms with van der Waals surface area (Å²) in [6.45, 7) is 11.5. The lowest BCUT2D eigenvalue weighted by atomic mass is 9.85. The first-order valence-electron chi connectivity index (χ1n) is 3.92. The second kappa shape index (κ2) is 3.66. The van der Waals surface area contributed by atoms with Crippen molar-refractivity contribution in [2.45, 2.75) is 39.9 Å². The molecule has 1 heteroatoms. The number of hydrogen-bond donors (Lipinski definition) is 0. The van der Waals surface area contributed by atoms with Gasteiger partial charge >= 0.3 is 0 Å². The first-order valence-corrected chi connectivity index (χ1v) is 5.21. The highest BCUT2D eigenvalue weighted by Gasteiger charge is 2.25. The molecule has 0 nitrogen and oxygen atoms in total. The van der Waals surface area contributed by atoms with Crippen molar-refractivity contribution in [2.24, 2.45) is 11.3 Å². The molecule has 0 amide bonds. The van der Waals surface area contributed by atoms with Crippen molar-refractivity contribution < 1.29 is 0 Å². The summed E-state index contributed by atoms with van der Waals surface area (Å²) in [5.74, 6) is 0.787. The second-order valence-electron chi connectivity index (χ2n) is 4.27. The molecule has 0 N–H and O–H groups in total. The normalized spacial score (nSPS) is 15.9. The largest absolute Gasteiger partial charge is 0.161 e. The third-order valence-corrected chi connectivity index (χ3v) is 3.47. The van der Waals surface area contributed by atoms with Crippen LogP contribution >= 0.6 is 11.8 Å². The van der Waals surface area contributed by atoms with Gasteiger partial charge in [0, 0.05) is 5.25 Å². The van der Waals surface area contributed by atoms with Crippen LogP contribution in [0.25, 0.3) is 0 Å². The Balaban J connectivity index is 4.07. The van der Waals surface area contributed by atoms with Crippen LogP contribution in [0.2, 0.25) is 0 Å². The van der Waals surface area contributed by atoms with Crippen LogP contribution in [0.1, 0.15) is 34.6 Å². The average Bonchev–Trinajstić information content (AvgIpc) is 1.60. The maximum atomic E-state index is 2.31. The lowest BCUT2D eigenvalue weighted by Gasteiger charge is -2.32. The van der Waals surface area contributed by atoms with Crippen molar-refractivity contribution in [3.8, 4) is 0 Å². The molecule has 10 heavy (non-hydrogen) atoms. The highest BCUT2D eigenvalue weighted by Crippen LogP contribution is 2.33. The van der Waals surface area contributed by atoms with Gasteiger partial charge in [-0.3, -0.25) is 0 Å². The lowest BCUT2D eigenvalue weighted by molar-refractivity contribution is 0.336. The van der Waals surface area contributed by atoms with E-state index >= 15 is 0 Å². The summed E-state index contributed by atoms with van der Waals surface area (Å²) >= 11 is 1.98. The third kappa shape index (κ3) is 2.96. The van der Waals surface area contributed by atoms with Gasteiger partial charge in [0.2, 0.25) is 0 Å². The number of thioether (sulfide) groups is 1. The summed E-state index contributed by atoms with van der Waals surface area (Å²) in [6, 6.07) is 0. The molecular weight excluding hydrogens is 140 g/mol. The highest BCUT2D eigenvalue weighted by atomic mass is 32.2. The van der Waals surface area contributed by atoms with Gasteiger partial charge in [-0.25, -0.2) is 0 Å². The van der Waals surface area contributed by atoms with Gasteiger partial charge in [0.1, 0.15) is 0 Å². The van der Waals surface area contributed by atoms with Gasteiger partial charge in [-0.1, -0.05) is 34.6 Å². The Hall–Kier alpha value is 0.350. The quantitative estimate of drug-likeness (QED) is 0.596. The van der Waals surface area contributed by atoms with Crippen molar-refractivity contribution in [3.63, 3.8) is 0 Å². The topological polar surface area (TPSA) is 0 Å². The Bertz CT molecular complexity index is 89.4. The van der Waals surface area contributed by atoms with E-state index in [1.807, 2.05) is 11.8 Å². The molecule has 0 bridgehead atoms. The minimum atomic E-state index is 0.452. The minimum Gasteiger partial charge on any atom is -0.161 e. The molecule has 0 heterocycles. The van der Waals surface area contributed by atoms with Gasteiger partial charge in [0.25, 0.3) is 0 Å². The van der Waals surface area contributed by atoms with E-state index in [1.54, 1.807) is 0 Å². The predicted molar refractivity (Wildman–Crippen MR) is 51.6 cm³/mol. The molecular formula is C9H20S. The van der Waals surface area contributed by atoms with E-state index in [2.05, 4.69) is 40.9 Å². The highest BCUT2D eigenvalue weighted by molar-refractivity contribution is 7.99. The minimum absolute atomic E-state index is 0.452. The molecule has 0 unspecified atom stereocenters. The van der Waals surface area contributed by atoms with Crippen LogP contribution in [0.4, 0.5) is 0 Å². The summed E-state index contributed by atoms with van der Waals surface area (Å²) in [5, 5.41) is 0.785. The summed E-state index contributed by atoms with van der Waals surface area (Å²) in [5.41, 5.74) is 0.452. The molecule has 0 aromatic rings. The smallest absolute Gasteiger partial charge is 0.0116 e. The predicted octanol–water partition coefficient (Wildman–Crippen LogP) is 3.42. The Kier molecular flexibility index (Phi) is 3.79. The maximum Gasteiger partial charge on any atom is 0.0116 e. The molecule has 0 spiro atoms. The summed E-state index contributed by atoms with van der Waals surface area (Å²) in [7, 11) is 0. The SMILES string of the molecule is CS[C@@H](C(C)C)C(C)(C)C. The van der Waals surface area contributed by atoms with E-state index in [9.17, 15) is 0 Å². The van der Waals surface area contributed by atoms with Gasteiger partial charge in [-0.15, -0.1) is 0 Å². The van der Waals surface area contributed by atoms with E-state index in [-0.39, 0.29) is 0 Å². The molecule has 0 saturated heterocycles. The molecule has 62 valence electrons. The maximum absolute atomic E-state index is 2.31. The van der Waals surface area contributed by atoms with Gasteiger partial charge in [0.05, 0.1) is 0 Å². The molecule has 0 fully saturated rings. The zero-order valence-corrected chi connectivity index (χ0v) is 8.88. The standard InChI is InChI=1S/C9H20S/c1-7(2)8(10-6)9(3,4)5/h7-8H,1-6H3/t8-/m0/s1. The van der Waals surface area contributed by atoms with Crippen molar-refractivity contribution in [3.05, 3.63) is 0 Å². The van der Waals surface area contributed by atoms with E-state index in [1.165, 1.54) is 0 Å².